The molecular formula is C14H19Br. The van der Waals surface area contributed by atoms with Gasteiger partial charge in [0.2, 0.25) is 0 Å². The smallest absolute Gasteiger partial charge is 0.0214 e. The second-order valence-corrected chi connectivity index (χ2v) is 6.08. The molecule has 0 nitrogen and oxygen atoms in total. The van der Waals surface area contributed by atoms with Gasteiger partial charge in [0.1, 0.15) is 0 Å². The van der Waals surface area contributed by atoms with Gasteiger partial charge in [-0.25, -0.2) is 0 Å². The van der Waals surface area contributed by atoms with E-state index in [2.05, 4.69) is 54.0 Å². The van der Waals surface area contributed by atoms with Crippen LogP contribution < -0.4 is 0 Å². The minimum absolute atomic E-state index is 0.646. The molecule has 0 amide bonds. The van der Waals surface area contributed by atoms with Crippen molar-refractivity contribution < 1.29 is 0 Å². The molecule has 1 saturated carbocycles. The fourth-order valence-electron chi connectivity index (χ4n) is 2.05. The molecule has 0 radical (unpaired) electrons. The molecule has 0 aromatic heterocycles. The van der Waals surface area contributed by atoms with E-state index in [1.165, 1.54) is 24.0 Å². The number of hydrogen-bond acceptors (Lipinski definition) is 0. The van der Waals surface area contributed by atoms with Crippen LogP contribution in [-0.2, 0) is 6.42 Å². The summed E-state index contributed by atoms with van der Waals surface area (Å²) in [4.78, 5) is 0.646. The Hall–Kier alpha value is -0.300. The Bertz CT molecular complexity index is 311. The molecule has 2 rings (SSSR count). The average molecular weight is 267 g/mol. The Balaban J connectivity index is 1.92. The number of halogens is 1. The van der Waals surface area contributed by atoms with Gasteiger partial charge in [0.15, 0.2) is 0 Å². The van der Waals surface area contributed by atoms with Crippen LogP contribution in [0.15, 0.2) is 24.3 Å². The van der Waals surface area contributed by atoms with Crippen LogP contribution in [0.5, 0.6) is 0 Å². The summed E-state index contributed by atoms with van der Waals surface area (Å²) in [5.74, 6) is 1.81. The molecule has 0 saturated heterocycles. The first-order valence-corrected chi connectivity index (χ1v) is 6.78. The van der Waals surface area contributed by atoms with Crippen molar-refractivity contribution in [3.63, 3.8) is 0 Å². The summed E-state index contributed by atoms with van der Waals surface area (Å²) in [6.07, 6.45) is 4.05. The van der Waals surface area contributed by atoms with Gasteiger partial charge in [-0.2, -0.15) is 0 Å². The fourth-order valence-corrected chi connectivity index (χ4v) is 2.86. The fraction of sp³-hybridized carbons (Fsp3) is 0.571. The normalized spacial score (nSPS) is 19.9. The number of hydrogen-bond donors (Lipinski definition) is 0. The summed E-state index contributed by atoms with van der Waals surface area (Å²) in [6, 6.07) is 8.92. The molecule has 1 aromatic carbocycles. The first-order valence-electron chi connectivity index (χ1n) is 5.86. The maximum absolute atomic E-state index is 3.84. The quantitative estimate of drug-likeness (QED) is 0.711. The lowest BCUT2D eigenvalue weighted by molar-refractivity contribution is 0.490. The summed E-state index contributed by atoms with van der Waals surface area (Å²) >= 11 is 3.84. The molecule has 0 spiro atoms. The molecule has 0 aliphatic heterocycles. The SMILES string of the molecule is Cc1ccc(CC(Br)C(C)C2CC2)cc1. The van der Waals surface area contributed by atoms with E-state index in [9.17, 15) is 0 Å². The van der Waals surface area contributed by atoms with E-state index in [0.717, 1.165) is 18.3 Å². The van der Waals surface area contributed by atoms with Crippen molar-refractivity contribution in [2.45, 2.75) is 37.9 Å². The number of rotatable bonds is 4. The first-order chi connectivity index (χ1) is 7.16. The molecule has 2 unspecified atom stereocenters. The molecule has 82 valence electrons. The van der Waals surface area contributed by atoms with Crippen LogP contribution in [0.4, 0.5) is 0 Å². The minimum atomic E-state index is 0.646. The Morgan fingerprint density at radius 3 is 2.40 bits per heavy atom. The van der Waals surface area contributed by atoms with Crippen molar-refractivity contribution in [2.75, 3.05) is 0 Å². The van der Waals surface area contributed by atoms with E-state index in [-0.39, 0.29) is 0 Å². The zero-order valence-corrected chi connectivity index (χ0v) is 11.1. The van der Waals surface area contributed by atoms with Gasteiger partial charge in [-0.15, -0.1) is 0 Å². The zero-order valence-electron chi connectivity index (χ0n) is 9.54. The molecular weight excluding hydrogens is 248 g/mol. The summed E-state index contributed by atoms with van der Waals surface area (Å²) in [5.41, 5.74) is 2.80. The Labute approximate surface area is 101 Å². The van der Waals surface area contributed by atoms with E-state index in [0.29, 0.717) is 4.83 Å². The molecule has 1 aromatic rings. The summed E-state index contributed by atoms with van der Waals surface area (Å²) in [7, 11) is 0. The lowest BCUT2D eigenvalue weighted by atomic mass is 9.96. The Kier molecular flexibility index (Phi) is 3.50. The van der Waals surface area contributed by atoms with Gasteiger partial charge >= 0.3 is 0 Å². The monoisotopic (exact) mass is 266 g/mol. The molecule has 0 N–H and O–H groups in total. The van der Waals surface area contributed by atoms with Gasteiger partial charge in [0, 0.05) is 4.83 Å². The highest BCUT2D eigenvalue weighted by Crippen LogP contribution is 2.40. The topological polar surface area (TPSA) is 0 Å². The molecule has 15 heavy (non-hydrogen) atoms. The van der Waals surface area contributed by atoms with Crippen LogP contribution in [0.1, 0.15) is 30.9 Å². The van der Waals surface area contributed by atoms with Gasteiger partial charge in [0.05, 0.1) is 0 Å². The van der Waals surface area contributed by atoms with Crippen molar-refractivity contribution in [3.8, 4) is 0 Å². The zero-order chi connectivity index (χ0) is 10.8. The molecule has 0 heterocycles. The number of aryl methyl sites for hydroxylation is 1. The van der Waals surface area contributed by atoms with Crippen molar-refractivity contribution in [1.82, 2.24) is 0 Å². The maximum atomic E-state index is 3.84. The van der Waals surface area contributed by atoms with Gasteiger partial charge < -0.3 is 0 Å². The third-order valence-corrected chi connectivity index (χ3v) is 4.65. The van der Waals surface area contributed by atoms with E-state index in [4.69, 9.17) is 0 Å². The van der Waals surface area contributed by atoms with Crippen molar-refractivity contribution in [1.29, 1.82) is 0 Å². The van der Waals surface area contributed by atoms with Crippen LogP contribution in [0.25, 0.3) is 0 Å². The summed E-state index contributed by atoms with van der Waals surface area (Å²) < 4.78 is 0. The van der Waals surface area contributed by atoms with Crippen molar-refractivity contribution >= 4 is 15.9 Å². The van der Waals surface area contributed by atoms with E-state index >= 15 is 0 Å². The van der Waals surface area contributed by atoms with E-state index in [1.54, 1.807) is 0 Å². The first kappa shape index (κ1) is 11.2. The van der Waals surface area contributed by atoms with Crippen LogP contribution in [0.3, 0.4) is 0 Å². The molecule has 1 aliphatic carbocycles. The minimum Gasteiger partial charge on any atom is -0.0884 e. The standard InChI is InChI=1S/C14H19Br/c1-10-3-5-12(6-4-10)9-14(15)11(2)13-7-8-13/h3-6,11,13-14H,7-9H2,1-2H3. The second-order valence-electron chi connectivity index (χ2n) is 4.90. The predicted molar refractivity (Wildman–Crippen MR) is 69.5 cm³/mol. The van der Waals surface area contributed by atoms with Gasteiger partial charge in [-0.3, -0.25) is 0 Å². The van der Waals surface area contributed by atoms with Crippen molar-refractivity contribution in [3.05, 3.63) is 35.4 Å². The third-order valence-electron chi connectivity index (χ3n) is 3.49. The highest BCUT2D eigenvalue weighted by Gasteiger charge is 2.31. The molecule has 1 aliphatic rings. The van der Waals surface area contributed by atoms with Gasteiger partial charge in [0.25, 0.3) is 0 Å². The van der Waals surface area contributed by atoms with Gasteiger partial charge in [-0.1, -0.05) is 52.7 Å². The third kappa shape index (κ3) is 3.07. The van der Waals surface area contributed by atoms with Crippen LogP contribution in [0.2, 0.25) is 0 Å². The molecule has 1 heteroatoms. The van der Waals surface area contributed by atoms with Crippen LogP contribution >= 0.6 is 15.9 Å². The summed E-state index contributed by atoms with van der Waals surface area (Å²) in [5, 5.41) is 0. The van der Waals surface area contributed by atoms with Gasteiger partial charge in [-0.05, 0) is 43.6 Å². The average Bonchev–Trinajstić information content (AvgIpc) is 3.04. The Morgan fingerprint density at radius 1 is 1.27 bits per heavy atom. The van der Waals surface area contributed by atoms with E-state index in [1.807, 2.05) is 0 Å². The molecule has 2 atom stereocenters. The van der Waals surface area contributed by atoms with Crippen molar-refractivity contribution in [2.24, 2.45) is 11.8 Å². The highest BCUT2D eigenvalue weighted by atomic mass is 79.9. The molecule has 0 bridgehead atoms. The second kappa shape index (κ2) is 4.69. The van der Waals surface area contributed by atoms with Crippen LogP contribution in [0, 0.1) is 18.8 Å². The number of benzene rings is 1. The molecule has 1 fully saturated rings. The summed E-state index contributed by atoms with van der Waals surface area (Å²) in [6.45, 7) is 4.52. The van der Waals surface area contributed by atoms with Crippen LogP contribution in [-0.4, -0.2) is 4.83 Å². The predicted octanol–water partition coefficient (Wildman–Crippen LogP) is 4.35. The number of alkyl halides is 1. The largest absolute Gasteiger partial charge is 0.0884 e. The maximum Gasteiger partial charge on any atom is 0.0214 e. The van der Waals surface area contributed by atoms with E-state index < -0.39 is 0 Å². The lowest BCUT2D eigenvalue weighted by Crippen LogP contribution is -2.15. The highest BCUT2D eigenvalue weighted by molar-refractivity contribution is 9.09. The lowest BCUT2D eigenvalue weighted by Gasteiger charge is -2.17. The Morgan fingerprint density at radius 2 is 1.87 bits per heavy atom.